The molecule has 1 aromatic heterocycles. The van der Waals surface area contributed by atoms with Gasteiger partial charge in [0.1, 0.15) is 5.82 Å². The second kappa shape index (κ2) is 6.02. The number of hydrogen-bond acceptors (Lipinski definition) is 3. The van der Waals surface area contributed by atoms with Crippen molar-refractivity contribution in [3.8, 4) is 0 Å². The fourth-order valence-electron chi connectivity index (χ4n) is 1.77. The van der Waals surface area contributed by atoms with Crippen LogP contribution in [0.4, 0.5) is 4.39 Å². The lowest BCUT2D eigenvalue weighted by Gasteiger charge is -2.16. The van der Waals surface area contributed by atoms with Gasteiger partial charge in [-0.2, -0.15) is 0 Å². The zero-order valence-electron chi connectivity index (χ0n) is 9.90. The number of nitrogens with zero attached hydrogens (tertiary/aromatic N) is 2. The normalized spacial score (nSPS) is 12.4. The van der Waals surface area contributed by atoms with Crippen molar-refractivity contribution in [1.29, 1.82) is 0 Å². The molecule has 1 unspecified atom stereocenters. The zero-order chi connectivity index (χ0) is 13.0. The minimum atomic E-state index is -0.249. The third kappa shape index (κ3) is 2.91. The van der Waals surface area contributed by atoms with Crippen LogP contribution in [0.2, 0.25) is 0 Å². The van der Waals surface area contributed by atoms with Crippen LogP contribution in [0.3, 0.4) is 0 Å². The molecule has 2 aromatic rings. The lowest BCUT2D eigenvalue weighted by molar-refractivity contribution is 0.565. The van der Waals surface area contributed by atoms with Gasteiger partial charge in [0.2, 0.25) is 0 Å². The van der Waals surface area contributed by atoms with Crippen LogP contribution in [0.25, 0.3) is 0 Å². The number of likely N-dealkylation sites (N-methyl/N-ethyl adjacent to an activating group) is 1. The zero-order valence-corrected chi connectivity index (χ0v) is 11.5. The lowest BCUT2D eigenvalue weighted by atomic mass is 10.0. The van der Waals surface area contributed by atoms with Gasteiger partial charge in [0.05, 0.1) is 16.2 Å². The maximum absolute atomic E-state index is 13.4. The van der Waals surface area contributed by atoms with Crippen LogP contribution in [0.1, 0.15) is 17.3 Å². The monoisotopic (exact) mass is 309 g/mol. The molecule has 0 aliphatic rings. The van der Waals surface area contributed by atoms with Gasteiger partial charge in [-0.15, -0.1) is 0 Å². The van der Waals surface area contributed by atoms with E-state index in [0.717, 1.165) is 11.3 Å². The molecule has 94 valence electrons. The predicted molar refractivity (Wildman–Crippen MR) is 71.6 cm³/mol. The SMILES string of the molecule is CNC(Cc1cccc(F)c1Br)c1cnccn1. The van der Waals surface area contributed by atoms with Crippen molar-refractivity contribution in [1.82, 2.24) is 15.3 Å². The van der Waals surface area contributed by atoms with E-state index in [9.17, 15) is 4.39 Å². The Bertz CT molecular complexity index is 519. The largest absolute Gasteiger partial charge is 0.311 e. The second-order valence-corrected chi connectivity index (χ2v) is 4.68. The van der Waals surface area contributed by atoms with Crippen LogP contribution in [-0.4, -0.2) is 17.0 Å². The Kier molecular flexibility index (Phi) is 4.38. The molecule has 0 saturated carbocycles. The van der Waals surface area contributed by atoms with Crippen molar-refractivity contribution in [2.75, 3.05) is 7.05 Å². The lowest BCUT2D eigenvalue weighted by Crippen LogP contribution is -2.20. The Morgan fingerprint density at radius 1 is 1.39 bits per heavy atom. The molecule has 1 N–H and O–H groups in total. The van der Waals surface area contributed by atoms with Gasteiger partial charge in [-0.1, -0.05) is 12.1 Å². The fourth-order valence-corrected chi connectivity index (χ4v) is 2.20. The summed E-state index contributed by atoms with van der Waals surface area (Å²) >= 11 is 3.27. The van der Waals surface area contributed by atoms with Crippen molar-refractivity contribution >= 4 is 15.9 Å². The second-order valence-electron chi connectivity index (χ2n) is 3.89. The summed E-state index contributed by atoms with van der Waals surface area (Å²) in [5, 5.41) is 3.17. The molecule has 0 bridgehead atoms. The Labute approximate surface area is 114 Å². The maximum Gasteiger partial charge on any atom is 0.137 e. The first-order valence-corrected chi connectivity index (χ1v) is 6.37. The molecule has 0 spiro atoms. The van der Waals surface area contributed by atoms with E-state index in [-0.39, 0.29) is 11.9 Å². The molecule has 2 rings (SSSR count). The summed E-state index contributed by atoms with van der Waals surface area (Å²) in [6.07, 6.45) is 5.65. The molecule has 1 aromatic carbocycles. The number of halogens is 2. The number of aromatic nitrogens is 2. The van der Waals surface area contributed by atoms with Crippen molar-refractivity contribution in [3.05, 3.63) is 58.3 Å². The van der Waals surface area contributed by atoms with E-state index in [2.05, 4.69) is 31.2 Å². The molecule has 1 heterocycles. The van der Waals surface area contributed by atoms with E-state index in [1.165, 1.54) is 6.07 Å². The van der Waals surface area contributed by atoms with Crippen LogP contribution in [0, 0.1) is 5.82 Å². The van der Waals surface area contributed by atoms with Crippen LogP contribution >= 0.6 is 15.9 Å². The molecule has 3 nitrogen and oxygen atoms in total. The average molecular weight is 310 g/mol. The molecule has 1 atom stereocenters. The smallest absolute Gasteiger partial charge is 0.137 e. The van der Waals surface area contributed by atoms with Gasteiger partial charge in [0.25, 0.3) is 0 Å². The van der Waals surface area contributed by atoms with Gasteiger partial charge in [-0.3, -0.25) is 9.97 Å². The summed E-state index contributed by atoms with van der Waals surface area (Å²) in [4.78, 5) is 8.31. The Balaban J connectivity index is 2.24. The molecule has 0 aliphatic carbocycles. The predicted octanol–water partition coefficient (Wildman–Crippen LogP) is 2.88. The number of rotatable bonds is 4. The fraction of sp³-hybridized carbons (Fsp3) is 0.231. The summed E-state index contributed by atoms with van der Waals surface area (Å²) in [6.45, 7) is 0. The summed E-state index contributed by atoms with van der Waals surface area (Å²) in [5.74, 6) is -0.249. The summed E-state index contributed by atoms with van der Waals surface area (Å²) in [5.41, 5.74) is 1.75. The number of nitrogens with one attached hydrogen (secondary N) is 1. The van der Waals surface area contributed by atoms with Crippen LogP contribution in [-0.2, 0) is 6.42 Å². The third-order valence-electron chi connectivity index (χ3n) is 2.74. The number of hydrogen-bond donors (Lipinski definition) is 1. The Hall–Kier alpha value is -1.33. The first-order chi connectivity index (χ1) is 8.72. The molecular formula is C13H13BrFN3. The van der Waals surface area contributed by atoms with Crippen LogP contribution in [0.5, 0.6) is 0 Å². The summed E-state index contributed by atoms with van der Waals surface area (Å²) < 4.78 is 13.9. The molecule has 0 fully saturated rings. The quantitative estimate of drug-likeness (QED) is 0.943. The standard InChI is InChI=1S/C13H13BrFN3/c1-16-11(12-8-17-5-6-18-12)7-9-3-2-4-10(15)13(9)14/h2-6,8,11,16H,7H2,1H3. The minimum Gasteiger partial charge on any atom is -0.311 e. The van der Waals surface area contributed by atoms with Crippen molar-refractivity contribution in [2.45, 2.75) is 12.5 Å². The van der Waals surface area contributed by atoms with Crippen molar-refractivity contribution in [3.63, 3.8) is 0 Å². The van der Waals surface area contributed by atoms with Gasteiger partial charge >= 0.3 is 0 Å². The molecule has 0 saturated heterocycles. The van der Waals surface area contributed by atoms with E-state index in [0.29, 0.717) is 10.9 Å². The van der Waals surface area contributed by atoms with E-state index in [4.69, 9.17) is 0 Å². The summed E-state index contributed by atoms with van der Waals surface area (Å²) in [6, 6.07) is 5.05. The number of benzene rings is 1. The highest BCUT2D eigenvalue weighted by molar-refractivity contribution is 9.10. The van der Waals surface area contributed by atoms with E-state index in [1.54, 1.807) is 24.7 Å². The Morgan fingerprint density at radius 2 is 2.22 bits per heavy atom. The average Bonchev–Trinajstić information content (AvgIpc) is 2.41. The van der Waals surface area contributed by atoms with E-state index in [1.807, 2.05) is 13.1 Å². The molecule has 0 amide bonds. The van der Waals surface area contributed by atoms with Gasteiger partial charge < -0.3 is 5.32 Å². The topological polar surface area (TPSA) is 37.8 Å². The third-order valence-corrected chi connectivity index (χ3v) is 3.63. The molecule has 18 heavy (non-hydrogen) atoms. The molecular weight excluding hydrogens is 297 g/mol. The highest BCUT2D eigenvalue weighted by Gasteiger charge is 2.14. The molecule has 5 heteroatoms. The highest BCUT2D eigenvalue weighted by atomic mass is 79.9. The van der Waals surface area contributed by atoms with Crippen molar-refractivity contribution < 1.29 is 4.39 Å². The maximum atomic E-state index is 13.4. The van der Waals surface area contributed by atoms with Crippen LogP contribution in [0.15, 0.2) is 41.3 Å². The molecule has 0 aliphatic heterocycles. The minimum absolute atomic E-state index is 0.0109. The van der Waals surface area contributed by atoms with Crippen LogP contribution < -0.4 is 5.32 Å². The van der Waals surface area contributed by atoms with Gasteiger partial charge in [0.15, 0.2) is 0 Å². The van der Waals surface area contributed by atoms with Gasteiger partial charge in [-0.05, 0) is 41.0 Å². The first-order valence-electron chi connectivity index (χ1n) is 5.58. The van der Waals surface area contributed by atoms with Gasteiger partial charge in [-0.25, -0.2) is 4.39 Å². The van der Waals surface area contributed by atoms with Gasteiger partial charge in [0, 0.05) is 18.6 Å². The first kappa shape index (κ1) is 13.1. The van der Waals surface area contributed by atoms with E-state index < -0.39 is 0 Å². The Morgan fingerprint density at radius 3 is 2.89 bits per heavy atom. The van der Waals surface area contributed by atoms with E-state index >= 15 is 0 Å². The summed E-state index contributed by atoms with van der Waals surface area (Å²) in [7, 11) is 1.85. The molecule has 0 radical (unpaired) electrons. The van der Waals surface area contributed by atoms with Crippen molar-refractivity contribution in [2.24, 2.45) is 0 Å². The highest BCUT2D eigenvalue weighted by Crippen LogP contribution is 2.24.